The van der Waals surface area contributed by atoms with Crippen molar-refractivity contribution < 1.29 is 9.90 Å². The highest BCUT2D eigenvalue weighted by atomic mass is 16.4. The summed E-state index contributed by atoms with van der Waals surface area (Å²) in [5.41, 5.74) is 3.99. The van der Waals surface area contributed by atoms with Crippen LogP contribution in [-0.2, 0) is 4.79 Å². The molecule has 0 bridgehead atoms. The third kappa shape index (κ3) is 2.79. The fraction of sp³-hybridized carbons (Fsp3) is 0.250. The van der Waals surface area contributed by atoms with Gasteiger partial charge in [-0.25, -0.2) is 9.48 Å². The van der Waals surface area contributed by atoms with Crippen molar-refractivity contribution in [2.75, 3.05) is 0 Å². The molecule has 0 saturated carbocycles. The Balaban J connectivity index is 2.47. The van der Waals surface area contributed by atoms with Crippen LogP contribution < -0.4 is 0 Å². The Morgan fingerprint density at radius 1 is 1.35 bits per heavy atom. The molecule has 2 aromatic rings. The molecule has 0 amide bonds. The second kappa shape index (κ2) is 5.74. The fourth-order valence-electron chi connectivity index (χ4n) is 2.16. The second-order valence-corrected chi connectivity index (χ2v) is 4.98. The van der Waals surface area contributed by atoms with Crippen LogP contribution in [0.3, 0.4) is 0 Å². The number of para-hydroxylation sites is 1. The van der Waals surface area contributed by atoms with Crippen molar-refractivity contribution in [2.24, 2.45) is 0 Å². The summed E-state index contributed by atoms with van der Waals surface area (Å²) in [5.74, 6) is -0.562. The number of nitrogens with zero attached hydrogens (tertiary/aromatic N) is 2. The highest BCUT2D eigenvalue weighted by Crippen LogP contribution is 2.24. The first-order valence-electron chi connectivity index (χ1n) is 6.55. The Labute approximate surface area is 118 Å². The number of benzene rings is 1. The Bertz CT molecular complexity index is 654. The lowest BCUT2D eigenvalue weighted by Crippen LogP contribution is -2.04. The lowest BCUT2D eigenvalue weighted by atomic mass is 10.0. The van der Waals surface area contributed by atoms with E-state index in [0.717, 1.165) is 23.0 Å². The van der Waals surface area contributed by atoms with E-state index in [0.29, 0.717) is 5.92 Å². The van der Waals surface area contributed by atoms with Crippen molar-refractivity contribution in [2.45, 2.75) is 26.7 Å². The molecule has 20 heavy (non-hydrogen) atoms. The summed E-state index contributed by atoms with van der Waals surface area (Å²) in [4.78, 5) is 10.6. The minimum Gasteiger partial charge on any atom is -0.478 e. The molecule has 1 aromatic carbocycles. The lowest BCUT2D eigenvalue weighted by Gasteiger charge is -2.13. The molecule has 104 valence electrons. The van der Waals surface area contributed by atoms with Gasteiger partial charge in [0.25, 0.3) is 0 Å². The molecule has 2 rings (SSSR count). The molecule has 0 unspecified atom stereocenters. The molecule has 0 atom stereocenters. The first kappa shape index (κ1) is 14.1. The van der Waals surface area contributed by atoms with Gasteiger partial charge in [0.15, 0.2) is 0 Å². The van der Waals surface area contributed by atoms with Gasteiger partial charge in [0.1, 0.15) is 0 Å². The molecule has 1 heterocycles. The number of carbonyl (C=O) groups is 1. The van der Waals surface area contributed by atoms with E-state index in [1.165, 1.54) is 5.56 Å². The Morgan fingerprint density at radius 3 is 2.70 bits per heavy atom. The van der Waals surface area contributed by atoms with Gasteiger partial charge in [-0.1, -0.05) is 32.0 Å². The van der Waals surface area contributed by atoms with Crippen molar-refractivity contribution in [3.05, 3.63) is 53.4 Å². The number of carboxylic acids is 1. The first-order chi connectivity index (χ1) is 9.50. The average Bonchev–Trinajstić information content (AvgIpc) is 2.77. The summed E-state index contributed by atoms with van der Waals surface area (Å²) in [6.07, 6.45) is 4.38. The molecule has 0 aliphatic heterocycles. The zero-order chi connectivity index (χ0) is 14.7. The number of hydrogen-bond donors (Lipinski definition) is 1. The van der Waals surface area contributed by atoms with Crippen LogP contribution in [0.1, 0.15) is 36.6 Å². The van der Waals surface area contributed by atoms with Crippen molar-refractivity contribution in [1.29, 1.82) is 0 Å². The number of aliphatic carboxylic acids is 1. The van der Waals surface area contributed by atoms with E-state index >= 15 is 0 Å². The monoisotopic (exact) mass is 270 g/mol. The van der Waals surface area contributed by atoms with Crippen LogP contribution in [0.25, 0.3) is 11.8 Å². The topological polar surface area (TPSA) is 55.1 Å². The highest BCUT2D eigenvalue weighted by molar-refractivity contribution is 5.85. The molecule has 0 saturated heterocycles. The molecule has 0 aliphatic rings. The zero-order valence-corrected chi connectivity index (χ0v) is 11.9. The minimum atomic E-state index is -0.959. The Morgan fingerprint density at radius 2 is 2.05 bits per heavy atom. The molecule has 4 nitrogen and oxygen atoms in total. The molecule has 1 N–H and O–H groups in total. The number of rotatable bonds is 4. The van der Waals surface area contributed by atoms with Gasteiger partial charge in [0.2, 0.25) is 0 Å². The van der Waals surface area contributed by atoms with E-state index in [2.05, 4.69) is 25.0 Å². The maximum atomic E-state index is 10.6. The average molecular weight is 270 g/mol. The molecule has 0 fully saturated rings. The van der Waals surface area contributed by atoms with Gasteiger partial charge in [-0.2, -0.15) is 5.10 Å². The van der Waals surface area contributed by atoms with Gasteiger partial charge in [-0.15, -0.1) is 0 Å². The third-order valence-electron chi connectivity index (χ3n) is 3.24. The van der Waals surface area contributed by atoms with Gasteiger partial charge in [-0.3, -0.25) is 0 Å². The van der Waals surface area contributed by atoms with Crippen LogP contribution in [0.15, 0.2) is 36.5 Å². The molecular formula is C16H18N2O2. The van der Waals surface area contributed by atoms with Crippen LogP contribution in [0.4, 0.5) is 0 Å². The summed E-state index contributed by atoms with van der Waals surface area (Å²) in [7, 11) is 0. The van der Waals surface area contributed by atoms with Crippen LogP contribution in [-0.4, -0.2) is 20.9 Å². The van der Waals surface area contributed by atoms with Crippen LogP contribution in [0.2, 0.25) is 0 Å². The normalized spacial score (nSPS) is 11.4. The quantitative estimate of drug-likeness (QED) is 0.866. The number of aromatic nitrogens is 2. The van der Waals surface area contributed by atoms with Gasteiger partial charge in [0, 0.05) is 17.3 Å². The maximum Gasteiger partial charge on any atom is 0.328 e. The molecule has 0 aliphatic carbocycles. The summed E-state index contributed by atoms with van der Waals surface area (Å²) in [6, 6.07) is 8.12. The third-order valence-corrected chi connectivity index (χ3v) is 3.24. The van der Waals surface area contributed by atoms with Crippen LogP contribution >= 0.6 is 0 Å². The zero-order valence-electron chi connectivity index (χ0n) is 11.9. The van der Waals surface area contributed by atoms with Crippen molar-refractivity contribution in [3.8, 4) is 5.69 Å². The predicted molar refractivity (Wildman–Crippen MR) is 79.1 cm³/mol. The van der Waals surface area contributed by atoms with Crippen molar-refractivity contribution in [1.82, 2.24) is 9.78 Å². The van der Waals surface area contributed by atoms with E-state index < -0.39 is 5.97 Å². The minimum absolute atomic E-state index is 0.396. The van der Waals surface area contributed by atoms with Crippen molar-refractivity contribution >= 4 is 12.0 Å². The predicted octanol–water partition coefficient (Wildman–Crippen LogP) is 3.40. The lowest BCUT2D eigenvalue weighted by molar-refractivity contribution is -0.131. The summed E-state index contributed by atoms with van der Waals surface area (Å²) in [6.45, 7) is 6.22. The summed E-state index contributed by atoms with van der Waals surface area (Å²) >= 11 is 0. The number of carboxylic acid groups (broad SMARTS) is 1. The van der Waals surface area contributed by atoms with Crippen molar-refractivity contribution in [3.63, 3.8) is 0 Å². The second-order valence-electron chi connectivity index (χ2n) is 4.98. The summed E-state index contributed by atoms with van der Waals surface area (Å²) < 4.78 is 1.86. The Hall–Kier alpha value is -2.36. The standard InChI is InChI=1S/C16H18N2O2/c1-11(2)14-6-4-5-7-15(14)18-12(3)13(10-17-18)8-9-16(19)20/h4-11H,1-3H3,(H,19,20)/b9-8+. The summed E-state index contributed by atoms with van der Waals surface area (Å²) in [5, 5.41) is 13.1. The molecule has 0 radical (unpaired) electrons. The molecule has 1 aromatic heterocycles. The van der Waals surface area contributed by atoms with Gasteiger partial charge in [-0.05, 0) is 30.5 Å². The van der Waals surface area contributed by atoms with E-state index in [-0.39, 0.29) is 0 Å². The number of hydrogen-bond acceptors (Lipinski definition) is 2. The smallest absolute Gasteiger partial charge is 0.328 e. The molecular weight excluding hydrogens is 252 g/mol. The van der Waals surface area contributed by atoms with E-state index in [1.54, 1.807) is 12.3 Å². The van der Waals surface area contributed by atoms with Gasteiger partial charge >= 0.3 is 5.97 Å². The Kier molecular flexibility index (Phi) is 4.03. The van der Waals surface area contributed by atoms with Crippen LogP contribution in [0, 0.1) is 6.92 Å². The molecule has 0 spiro atoms. The van der Waals surface area contributed by atoms with E-state index in [4.69, 9.17) is 5.11 Å². The van der Waals surface area contributed by atoms with E-state index in [9.17, 15) is 4.79 Å². The fourth-order valence-corrected chi connectivity index (χ4v) is 2.16. The van der Waals surface area contributed by atoms with Crippen LogP contribution in [0.5, 0.6) is 0 Å². The largest absolute Gasteiger partial charge is 0.478 e. The van der Waals surface area contributed by atoms with Gasteiger partial charge in [0.05, 0.1) is 11.9 Å². The van der Waals surface area contributed by atoms with Gasteiger partial charge < -0.3 is 5.11 Å². The SMILES string of the molecule is Cc1c(/C=C/C(=O)O)cnn1-c1ccccc1C(C)C. The first-order valence-corrected chi connectivity index (χ1v) is 6.55. The maximum absolute atomic E-state index is 10.6. The van der Waals surface area contributed by atoms with E-state index in [1.807, 2.05) is 29.8 Å². The molecule has 4 heteroatoms. The highest BCUT2D eigenvalue weighted by Gasteiger charge is 2.11.